The fourth-order valence-electron chi connectivity index (χ4n) is 3.40. The number of aliphatic hydroxyl groups excluding tert-OH is 1. The van der Waals surface area contributed by atoms with Crippen LogP contribution in [0.15, 0.2) is 18.2 Å². The number of hydroxylamine groups is 1. The zero-order chi connectivity index (χ0) is 21.6. The number of carbonyl (C=O) groups is 3. The molecule has 160 valence electrons. The van der Waals surface area contributed by atoms with Crippen molar-refractivity contribution in [2.24, 2.45) is 5.92 Å². The number of halogens is 2. The maximum Gasteiger partial charge on any atom is 0.272 e. The van der Waals surface area contributed by atoms with E-state index in [4.69, 9.17) is 28.4 Å². The molecule has 1 heterocycles. The first-order chi connectivity index (χ1) is 13.8. The summed E-state index contributed by atoms with van der Waals surface area (Å²) in [6.07, 6.45) is 1.02. The Hall–Kier alpha value is -1.87. The van der Waals surface area contributed by atoms with Gasteiger partial charge in [-0.25, -0.2) is 5.48 Å². The second kappa shape index (κ2) is 10.8. The van der Waals surface area contributed by atoms with Crippen LogP contribution in [0.5, 0.6) is 0 Å². The van der Waals surface area contributed by atoms with Crippen molar-refractivity contribution in [2.75, 3.05) is 11.9 Å². The molecule has 3 atom stereocenters. The van der Waals surface area contributed by atoms with Crippen LogP contribution >= 0.6 is 23.2 Å². The van der Waals surface area contributed by atoms with E-state index in [0.29, 0.717) is 41.5 Å². The lowest BCUT2D eigenvalue weighted by molar-refractivity contribution is -0.152. The molecule has 4 N–H and O–H groups in total. The molecule has 0 aromatic heterocycles. The van der Waals surface area contributed by atoms with E-state index in [1.165, 1.54) is 16.4 Å². The van der Waals surface area contributed by atoms with Crippen LogP contribution in [0.25, 0.3) is 0 Å². The van der Waals surface area contributed by atoms with Gasteiger partial charge in [-0.1, -0.05) is 43.0 Å². The highest BCUT2D eigenvalue weighted by Gasteiger charge is 2.41. The number of nitrogens with one attached hydrogen (secondary N) is 2. The van der Waals surface area contributed by atoms with E-state index in [1.807, 2.05) is 6.92 Å². The fourth-order valence-corrected chi connectivity index (χ4v) is 3.70. The van der Waals surface area contributed by atoms with E-state index in [2.05, 4.69) is 5.32 Å². The second-order valence-corrected chi connectivity index (χ2v) is 7.79. The number of nitrogens with zero attached hydrogens (tertiary/aromatic N) is 1. The second-order valence-electron chi connectivity index (χ2n) is 6.98. The molecule has 0 radical (unpaired) electrons. The van der Waals surface area contributed by atoms with Crippen LogP contribution in [0, 0.1) is 5.92 Å². The van der Waals surface area contributed by atoms with Gasteiger partial charge in [0.1, 0.15) is 12.1 Å². The molecule has 1 aromatic carbocycles. The Balaban J connectivity index is 2.15. The van der Waals surface area contributed by atoms with Gasteiger partial charge in [-0.15, -0.1) is 0 Å². The summed E-state index contributed by atoms with van der Waals surface area (Å²) in [6, 6.07) is 3.95. The number of rotatable bonds is 8. The number of likely N-dealkylation sites (tertiary alicyclic amines) is 1. The van der Waals surface area contributed by atoms with Crippen molar-refractivity contribution in [1.82, 2.24) is 10.4 Å². The lowest BCUT2D eigenvalue weighted by Gasteiger charge is -2.30. The Morgan fingerprint density at radius 2 is 2.00 bits per heavy atom. The molecule has 0 saturated carbocycles. The largest absolute Gasteiger partial charge is 0.382 e. The normalized spacial score (nSPS) is 18.2. The van der Waals surface area contributed by atoms with Crippen molar-refractivity contribution in [2.45, 2.75) is 51.2 Å². The maximum absolute atomic E-state index is 13.1. The molecule has 1 saturated heterocycles. The average molecular weight is 446 g/mol. The van der Waals surface area contributed by atoms with Gasteiger partial charge in [-0.2, -0.15) is 0 Å². The van der Waals surface area contributed by atoms with Gasteiger partial charge in [0.15, 0.2) is 0 Å². The molecular formula is C19H25Cl2N3O5. The molecule has 0 spiro atoms. The number of hydrogen-bond acceptors (Lipinski definition) is 5. The molecule has 1 aliphatic rings. The van der Waals surface area contributed by atoms with E-state index >= 15 is 0 Å². The number of benzene rings is 1. The van der Waals surface area contributed by atoms with Gasteiger partial charge in [-0.05, 0) is 37.5 Å². The van der Waals surface area contributed by atoms with Crippen molar-refractivity contribution in [3.05, 3.63) is 28.2 Å². The smallest absolute Gasteiger partial charge is 0.272 e. The average Bonchev–Trinajstić information content (AvgIpc) is 3.20. The molecule has 1 aliphatic heterocycles. The van der Waals surface area contributed by atoms with Gasteiger partial charge in [0.2, 0.25) is 11.8 Å². The first-order valence-electron chi connectivity index (χ1n) is 9.48. The summed E-state index contributed by atoms with van der Waals surface area (Å²) in [5.41, 5.74) is 1.83. The van der Waals surface area contributed by atoms with E-state index in [1.54, 1.807) is 12.1 Å². The quantitative estimate of drug-likeness (QED) is 0.362. The van der Waals surface area contributed by atoms with Crippen LogP contribution in [0.1, 0.15) is 39.0 Å². The van der Waals surface area contributed by atoms with Crippen LogP contribution < -0.4 is 10.8 Å². The molecule has 10 heteroatoms. The van der Waals surface area contributed by atoms with Crippen LogP contribution in [0.4, 0.5) is 5.69 Å². The fraction of sp³-hybridized carbons (Fsp3) is 0.526. The summed E-state index contributed by atoms with van der Waals surface area (Å²) in [4.78, 5) is 38.9. The molecule has 2 rings (SSSR count). The monoisotopic (exact) mass is 445 g/mol. The molecule has 2 unspecified atom stereocenters. The van der Waals surface area contributed by atoms with Crippen LogP contribution in [0.3, 0.4) is 0 Å². The Morgan fingerprint density at radius 3 is 2.62 bits per heavy atom. The summed E-state index contributed by atoms with van der Waals surface area (Å²) < 4.78 is 0. The number of anilines is 1. The Morgan fingerprint density at radius 1 is 1.28 bits per heavy atom. The Labute approximate surface area is 179 Å². The molecular weight excluding hydrogens is 421 g/mol. The van der Waals surface area contributed by atoms with Gasteiger partial charge < -0.3 is 15.3 Å². The summed E-state index contributed by atoms with van der Waals surface area (Å²) in [5.74, 6) is -2.96. The number of unbranched alkanes of at least 4 members (excludes halogenated alkanes) is 1. The highest BCUT2D eigenvalue weighted by atomic mass is 35.5. The van der Waals surface area contributed by atoms with Crippen LogP contribution in [-0.4, -0.2) is 51.6 Å². The van der Waals surface area contributed by atoms with Crippen molar-refractivity contribution in [3.63, 3.8) is 0 Å². The Bertz CT molecular complexity index is 761. The number of aliphatic hydroxyl groups is 1. The van der Waals surface area contributed by atoms with Crippen molar-refractivity contribution < 1.29 is 24.7 Å². The summed E-state index contributed by atoms with van der Waals surface area (Å²) >= 11 is 11.9. The zero-order valence-corrected chi connectivity index (χ0v) is 17.5. The topological polar surface area (TPSA) is 119 Å². The highest BCUT2D eigenvalue weighted by Crippen LogP contribution is 2.28. The standard InChI is InChI=1S/C19H25Cl2N3O5/c1-2-3-5-12(16(25)18(27)23-29)19(28)24-9-4-6-15(24)17(26)22-11-7-8-13(20)14(21)10-11/h7-8,10,12,15-16,25,29H,2-6,9H2,1H3,(H,22,26)(H,23,27)/t12?,15-,16?/m0/s1. The van der Waals surface area contributed by atoms with Gasteiger partial charge in [0.25, 0.3) is 5.91 Å². The van der Waals surface area contributed by atoms with Crippen LogP contribution in [-0.2, 0) is 14.4 Å². The maximum atomic E-state index is 13.1. The van der Waals surface area contributed by atoms with E-state index in [-0.39, 0.29) is 12.3 Å². The molecule has 29 heavy (non-hydrogen) atoms. The number of amides is 3. The Kier molecular flexibility index (Phi) is 8.70. The van der Waals surface area contributed by atoms with Crippen molar-refractivity contribution >= 4 is 46.6 Å². The SMILES string of the molecule is CCCCC(C(=O)N1CCC[C@H]1C(=O)Nc1ccc(Cl)c(Cl)c1)C(O)C(=O)NO. The number of carbonyl (C=O) groups excluding carboxylic acids is 3. The van der Waals surface area contributed by atoms with Gasteiger partial charge >= 0.3 is 0 Å². The van der Waals surface area contributed by atoms with Gasteiger partial charge in [0, 0.05) is 12.2 Å². The van der Waals surface area contributed by atoms with Gasteiger partial charge in [-0.3, -0.25) is 19.6 Å². The van der Waals surface area contributed by atoms with E-state index < -0.39 is 29.9 Å². The zero-order valence-electron chi connectivity index (χ0n) is 16.0. The summed E-state index contributed by atoms with van der Waals surface area (Å²) in [7, 11) is 0. The summed E-state index contributed by atoms with van der Waals surface area (Å²) in [5, 5.41) is 22.4. The molecule has 0 aliphatic carbocycles. The van der Waals surface area contributed by atoms with Crippen molar-refractivity contribution in [3.8, 4) is 0 Å². The third-order valence-corrected chi connectivity index (χ3v) is 5.71. The molecule has 1 fully saturated rings. The van der Waals surface area contributed by atoms with Crippen molar-refractivity contribution in [1.29, 1.82) is 0 Å². The predicted molar refractivity (Wildman–Crippen MR) is 109 cm³/mol. The highest BCUT2D eigenvalue weighted by molar-refractivity contribution is 6.42. The predicted octanol–water partition coefficient (Wildman–Crippen LogP) is 2.60. The minimum atomic E-state index is -1.70. The minimum Gasteiger partial charge on any atom is -0.382 e. The summed E-state index contributed by atoms with van der Waals surface area (Å²) in [6.45, 7) is 2.26. The van der Waals surface area contributed by atoms with Gasteiger partial charge in [0.05, 0.1) is 16.0 Å². The van der Waals surface area contributed by atoms with E-state index in [0.717, 1.165) is 6.42 Å². The molecule has 0 bridgehead atoms. The third kappa shape index (κ3) is 5.82. The molecule has 1 aromatic rings. The first kappa shape index (κ1) is 23.4. The van der Waals surface area contributed by atoms with E-state index in [9.17, 15) is 19.5 Å². The third-order valence-electron chi connectivity index (χ3n) is 4.97. The molecule has 8 nitrogen and oxygen atoms in total. The number of hydrogen-bond donors (Lipinski definition) is 4. The lowest BCUT2D eigenvalue weighted by Crippen LogP contribution is -2.50. The van der Waals surface area contributed by atoms with Crippen LogP contribution in [0.2, 0.25) is 10.0 Å². The minimum absolute atomic E-state index is 0.265. The first-order valence-corrected chi connectivity index (χ1v) is 10.2. The lowest BCUT2D eigenvalue weighted by atomic mass is 9.93. The molecule has 3 amide bonds.